The number of rotatable bonds is 1. The SMILES string of the molecule is CC(C)(C)c1cccc2ccc([N+](=O)[O-])cc12. The van der Waals surface area contributed by atoms with E-state index in [4.69, 9.17) is 0 Å². The Morgan fingerprint density at radius 2 is 1.82 bits per heavy atom. The van der Waals surface area contributed by atoms with Gasteiger partial charge in [0, 0.05) is 12.1 Å². The molecule has 3 nitrogen and oxygen atoms in total. The van der Waals surface area contributed by atoms with Gasteiger partial charge in [-0.25, -0.2) is 0 Å². The number of benzene rings is 2. The van der Waals surface area contributed by atoms with Crippen molar-refractivity contribution in [2.75, 3.05) is 0 Å². The second-order valence-electron chi connectivity index (χ2n) is 5.22. The Morgan fingerprint density at radius 3 is 2.41 bits per heavy atom. The molecule has 0 aromatic heterocycles. The van der Waals surface area contributed by atoms with Gasteiger partial charge in [0.15, 0.2) is 0 Å². The van der Waals surface area contributed by atoms with Crippen LogP contribution in [-0.4, -0.2) is 4.92 Å². The van der Waals surface area contributed by atoms with Gasteiger partial charge in [-0.05, 0) is 27.8 Å². The van der Waals surface area contributed by atoms with Gasteiger partial charge in [-0.3, -0.25) is 10.1 Å². The Kier molecular flexibility index (Phi) is 2.62. The maximum Gasteiger partial charge on any atom is 0.270 e. The van der Waals surface area contributed by atoms with E-state index in [2.05, 4.69) is 20.8 Å². The lowest BCUT2D eigenvalue weighted by Gasteiger charge is -2.21. The molecule has 0 fully saturated rings. The van der Waals surface area contributed by atoms with Crippen LogP contribution in [0.2, 0.25) is 0 Å². The first-order valence-electron chi connectivity index (χ1n) is 5.57. The van der Waals surface area contributed by atoms with Crippen molar-refractivity contribution in [1.82, 2.24) is 0 Å². The molecule has 0 radical (unpaired) electrons. The average molecular weight is 229 g/mol. The van der Waals surface area contributed by atoms with Crippen LogP contribution < -0.4 is 0 Å². The van der Waals surface area contributed by atoms with Crippen LogP contribution in [0.3, 0.4) is 0 Å². The molecule has 0 saturated carbocycles. The number of non-ortho nitro benzene ring substituents is 1. The van der Waals surface area contributed by atoms with Crippen molar-refractivity contribution >= 4 is 16.5 Å². The molecule has 2 rings (SSSR count). The highest BCUT2D eigenvalue weighted by Crippen LogP contribution is 2.31. The van der Waals surface area contributed by atoms with E-state index in [1.807, 2.05) is 24.3 Å². The van der Waals surface area contributed by atoms with Crippen LogP contribution in [0.4, 0.5) is 5.69 Å². The summed E-state index contributed by atoms with van der Waals surface area (Å²) in [6, 6.07) is 11.0. The van der Waals surface area contributed by atoms with Crippen LogP contribution in [0.5, 0.6) is 0 Å². The van der Waals surface area contributed by atoms with E-state index in [0.29, 0.717) is 0 Å². The van der Waals surface area contributed by atoms with E-state index in [1.165, 1.54) is 0 Å². The summed E-state index contributed by atoms with van der Waals surface area (Å²) < 4.78 is 0. The summed E-state index contributed by atoms with van der Waals surface area (Å²) >= 11 is 0. The van der Waals surface area contributed by atoms with Crippen molar-refractivity contribution < 1.29 is 4.92 Å². The zero-order valence-corrected chi connectivity index (χ0v) is 10.2. The van der Waals surface area contributed by atoms with Crippen LogP contribution in [0.1, 0.15) is 26.3 Å². The molecule has 0 heterocycles. The monoisotopic (exact) mass is 229 g/mol. The maximum atomic E-state index is 10.8. The van der Waals surface area contributed by atoms with Gasteiger partial charge in [0.1, 0.15) is 0 Å². The summed E-state index contributed by atoms with van der Waals surface area (Å²) in [6.07, 6.45) is 0. The normalized spacial score (nSPS) is 11.7. The summed E-state index contributed by atoms with van der Waals surface area (Å²) in [6.45, 7) is 6.34. The fourth-order valence-electron chi connectivity index (χ4n) is 2.03. The van der Waals surface area contributed by atoms with Crippen LogP contribution in [0.15, 0.2) is 36.4 Å². The molecule has 0 spiro atoms. The van der Waals surface area contributed by atoms with Crippen LogP contribution >= 0.6 is 0 Å². The van der Waals surface area contributed by atoms with Crippen molar-refractivity contribution in [1.29, 1.82) is 0 Å². The molecule has 0 N–H and O–H groups in total. The molecule has 88 valence electrons. The molecular weight excluding hydrogens is 214 g/mol. The number of hydrogen-bond acceptors (Lipinski definition) is 2. The minimum Gasteiger partial charge on any atom is -0.258 e. The Bertz CT molecular complexity index is 582. The third kappa shape index (κ3) is 2.13. The van der Waals surface area contributed by atoms with E-state index in [1.54, 1.807) is 12.1 Å². The Balaban J connectivity index is 2.77. The van der Waals surface area contributed by atoms with Crippen molar-refractivity contribution in [3.05, 3.63) is 52.1 Å². The van der Waals surface area contributed by atoms with Gasteiger partial charge in [0.05, 0.1) is 4.92 Å². The minimum atomic E-state index is -0.348. The molecule has 0 aliphatic heterocycles. The van der Waals surface area contributed by atoms with Gasteiger partial charge in [0.25, 0.3) is 5.69 Å². The van der Waals surface area contributed by atoms with Gasteiger partial charge >= 0.3 is 0 Å². The summed E-state index contributed by atoms with van der Waals surface area (Å²) in [5.41, 5.74) is 1.27. The fourth-order valence-corrected chi connectivity index (χ4v) is 2.03. The van der Waals surface area contributed by atoms with E-state index in [0.717, 1.165) is 16.3 Å². The largest absolute Gasteiger partial charge is 0.270 e. The van der Waals surface area contributed by atoms with E-state index in [-0.39, 0.29) is 16.0 Å². The third-order valence-electron chi connectivity index (χ3n) is 2.88. The first kappa shape index (κ1) is 11.6. The number of hydrogen-bond donors (Lipinski definition) is 0. The van der Waals surface area contributed by atoms with Crippen LogP contribution in [0.25, 0.3) is 10.8 Å². The lowest BCUT2D eigenvalue weighted by atomic mass is 9.83. The third-order valence-corrected chi connectivity index (χ3v) is 2.88. The number of nitrogens with zero attached hydrogens (tertiary/aromatic N) is 1. The van der Waals surface area contributed by atoms with Crippen molar-refractivity contribution in [3.8, 4) is 0 Å². The van der Waals surface area contributed by atoms with Crippen LogP contribution in [0, 0.1) is 10.1 Å². The molecule has 0 aliphatic rings. The van der Waals surface area contributed by atoms with Gasteiger partial charge in [0.2, 0.25) is 0 Å². The standard InChI is InChI=1S/C14H15NO2/c1-14(2,3)13-6-4-5-10-7-8-11(15(16)17)9-12(10)13/h4-9H,1-3H3. The molecule has 0 saturated heterocycles. The number of nitro groups is 1. The Hall–Kier alpha value is -1.90. The molecular formula is C14H15NO2. The highest BCUT2D eigenvalue weighted by Gasteiger charge is 2.18. The van der Waals surface area contributed by atoms with Gasteiger partial charge < -0.3 is 0 Å². The average Bonchev–Trinajstić information content (AvgIpc) is 2.26. The molecule has 0 bridgehead atoms. The van der Waals surface area contributed by atoms with Gasteiger partial charge in [-0.15, -0.1) is 0 Å². The predicted molar refractivity (Wildman–Crippen MR) is 69.3 cm³/mol. The Labute approximate surface area is 100 Å². The van der Waals surface area contributed by atoms with Crippen LogP contribution in [-0.2, 0) is 5.41 Å². The minimum absolute atomic E-state index is 0.0191. The zero-order valence-electron chi connectivity index (χ0n) is 10.2. The topological polar surface area (TPSA) is 43.1 Å². The molecule has 2 aromatic rings. The maximum absolute atomic E-state index is 10.8. The first-order valence-corrected chi connectivity index (χ1v) is 5.57. The lowest BCUT2D eigenvalue weighted by Crippen LogP contribution is -2.11. The van der Waals surface area contributed by atoms with E-state index >= 15 is 0 Å². The molecule has 17 heavy (non-hydrogen) atoms. The molecule has 0 aliphatic carbocycles. The molecule has 0 amide bonds. The first-order chi connectivity index (χ1) is 7.89. The fraction of sp³-hybridized carbons (Fsp3) is 0.286. The second-order valence-corrected chi connectivity index (χ2v) is 5.22. The summed E-state index contributed by atoms with van der Waals surface area (Å²) in [5.74, 6) is 0. The lowest BCUT2D eigenvalue weighted by molar-refractivity contribution is -0.384. The van der Waals surface area contributed by atoms with E-state index < -0.39 is 0 Å². The quantitative estimate of drug-likeness (QED) is 0.547. The van der Waals surface area contributed by atoms with Gasteiger partial charge in [-0.1, -0.05) is 39.0 Å². The van der Waals surface area contributed by atoms with Crippen molar-refractivity contribution in [3.63, 3.8) is 0 Å². The number of nitro benzene ring substituents is 1. The predicted octanol–water partition coefficient (Wildman–Crippen LogP) is 4.05. The second kappa shape index (κ2) is 3.84. The molecule has 0 atom stereocenters. The summed E-state index contributed by atoms with van der Waals surface area (Å²) in [5, 5.41) is 12.8. The summed E-state index contributed by atoms with van der Waals surface area (Å²) in [7, 11) is 0. The van der Waals surface area contributed by atoms with Gasteiger partial charge in [-0.2, -0.15) is 0 Å². The molecule has 0 unspecified atom stereocenters. The smallest absolute Gasteiger partial charge is 0.258 e. The zero-order chi connectivity index (χ0) is 12.6. The summed E-state index contributed by atoms with van der Waals surface area (Å²) in [4.78, 5) is 10.5. The highest BCUT2D eigenvalue weighted by atomic mass is 16.6. The number of fused-ring (bicyclic) bond motifs is 1. The molecule has 3 heteroatoms. The Morgan fingerprint density at radius 1 is 1.12 bits per heavy atom. The molecule has 2 aromatic carbocycles. The van der Waals surface area contributed by atoms with E-state index in [9.17, 15) is 10.1 Å². The van der Waals surface area contributed by atoms with Crippen molar-refractivity contribution in [2.45, 2.75) is 26.2 Å². The highest BCUT2D eigenvalue weighted by molar-refractivity contribution is 5.88. The van der Waals surface area contributed by atoms with Crippen molar-refractivity contribution in [2.24, 2.45) is 0 Å².